The van der Waals surface area contributed by atoms with Crippen molar-refractivity contribution in [1.82, 2.24) is 9.71 Å². The van der Waals surface area contributed by atoms with Gasteiger partial charge in [0.2, 0.25) is 10.0 Å². The van der Waals surface area contributed by atoms with Crippen LogP contribution in [-0.2, 0) is 14.8 Å². The summed E-state index contributed by atoms with van der Waals surface area (Å²) in [4.78, 5) is 13.2. The van der Waals surface area contributed by atoms with E-state index in [4.69, 9.17) is 5.11 Å². The molecule has 0 aliphatic heterocycles. The minimum atomic E-state index is -3.48. The van der Waals surface area contributed by atoms with Crippen LogP contribution < -0.4 is 4.72 Å². The molecular formula is C10H16N2O4S. The minimum Gasteiger partial charge on any atom is -0.481 e. The van der Waals surface area contributed by atoms with Crippen molar-refractivity contribution >= 4 is 16.0 Å². The number of hydrogen-bond acceptors (Lipinski definition) is 3. The molecule has 1 unspecified atom stereocenters. The SMILES string of the molecule is CC(CCC(=O)O)CNS(=O)(=O)c1cc[nH]c1. The van der Waals surface area contributed by atoms with Gasteiger partial charge in [0.05, 0.1) is 4.90 Å². The molecule has 1 aromatic heterocycles. The van der Waals surface area contributed by atoms with Crippen LogP contribution in [0, 0.1) is 5.92 Å². The molecule has 0 aliphatic rings. The van der Waals surface area contributed by atoms with Crippen molar-refractivity contribution in [3.63, 3.8) is 0 Å². The Bertz CT molecular complexity index is 453. The Morgan fingerprint density at radius 1 is 1.59 bits per heavy atom. The van der Waals surface area contributed by atoms with Crippen molar-refractivity contribution in [3.05, 3.63) is 18.5 Å². The van der Waals surface area contributed by atoms with Crippen LogP contribution in [0.3, 0.4) is 0 Å². The van der Waals surface area contributed by atoms with Crippen LogP contribution in [0.25, 0.3) is 0 Å². The molecule has 0 fully saturated rings. The lowest BCUT2D eigenvalue weighted by molar-refractivity contribution is -0.137. The van der Waals surface area contributed by atoms with Gasteiger partial charge in [0.15, 0.2) is 0 Å². The van der Waals surface area contributed by atoms with Gasteiger partial charge in [-0.1, -0.05) is 6.92 Å². The van der Waals surface area contributed by atoms with Gasteiger partial charge in [-0.3, -0.25) is 4.79 Å². The van der Waals surface area contributed by atoms with Crippen molar-refractivity contribution in [2.45, 2.75) is 24.7 Å². The highest BCUT2D eigenvalue weighted by atomic mass is 32.2. The number of nitrogens with one attached hydrogen (secondary N) is 2. The Labute approximate surface area is 100 Å². The second-order valence-corrected chi connectivity index (χ2v) is 5.70. The zero-order valence-corrected chi connectivity index (χ0v) is 10.3. The maximum Gasteiger partial charge on any atom is 0.303 e. The second kappa shape index (κ2) is 5.83. The van der Waals surface area contributed by atoms with Crippen molar-refractivity contribution in [1.29, 1.82) is 0 Å². The summed E-state index contributed by atoms with van der Waals surface area (Å²) in [5.41, 5.74) is 0. The van der Waals surface area contributed by atoms with Crippen molar-refractivity contribution in [2.24, 2.45) is 5.92 Å². The highest BCUT2D eigenvalue weighted by Crippen LogP contribution is 2.09. The summed E-state index contributed by atoms with van der Waals surface area (Å²) >= 11 is 0. The lowest BCUT2D eigenvalue weighted by atomic mass is 10.1. The van der Waals surface area contributed by atoms with Crippen LogP contribution in [0.2, 0.25) is 0 Å². The molecule has 1 rings (SSSR count). The van der Waals surface area contributed by atoms with E-state index in [-0.39, 0.29) is 23.8 Å². The fourth-order valence-corrected chi connectivity index (χ4v) is 2.42. The van der Waals surface area contributed by atoms with E-state index in [1.54, 1.807) is 0 Å². The monoisotopic (exact) mass is 260 g/mol. The number of aromatic nitrogens is 1. The average Bonchev–Trinajstić information content (AvgIpc) is 2.77. The fraction of sp³-hybridized carbons (Fsp3) is 0.500. The zero-order valence-electron chi connectivity index (χ0n) is 9.51. The fourth-order valence-electron chi connectivity index (χ4n) is 1.28. The van der Waals surface area contributed by atoms with Gasteiger partial charge in [-0.15, -0.1) is 0 Å². The molecule has 0 aromatic carbocycles. The standard InChI is InChI=1S/C10H16N2O4S/c1-8(2-3-10(13)14)6-12-17(15,16)9-4-5-11-7-9/h4-5,7-8,11-12H,2-3,6H2,1H3,(H,13,14). The topological polar surface area (TPSA) is 99.3 Å². The minimum absolute atomic E-state index is 0.0141. The van der Waals surface area contributed by atoms with E-state index in [9.17, 15) is 13.2 Å². The van der Waals surface area contributed by atoms with E-state index in [1.165, 1.54) is 18.5 Å². The van der Waals surface area contributed by atoms with Crippen LogP contribution in [-0.4, -0.2) is 31.0 Å². The third-order valence-corrected chi connectivity index (χ3v) is 3.77. The Kier molecular flexibility index (Phi) is 4.71. The Hall–Kier alpha value is -1.34. The molecule has 7 heteroatoms. The molecule has 0 bridgehead atoms. The molecular weight excluding hydrogens is 244 g/mol. The molecule has 0 aliphatic carbocycles. The molecule has 0 spiro atoms. The molecule has 3 N–H and O–H groups in total. The number of sulfonamides is 1. The first-order valence-corrected chi connectivity index (χ1v) is 6.74. The summed E-state index contributed by atoms with van der Waals surface area (Å²) in [6.45, 7) is 2.05. The first kappa shape index (κ1) is 13.7. The van der Waals surface area contributed by atoms with Crippen LogP contribution in [0.5, 0.6) is 0 Å². The maximum absolute atomic E-state index is 11.7. The molecule has 0 saturated heterocycles. The molecule has 96 valence electrons. The molecule has 0 saturated carbocycles. The first-order valence-electron chi connectivity index (χ1n) is 5.26. The van der Waals surface area contributed by atoms with Gasteiger partial charge in [-0.2, -0.15) is 0 Å². The summed E-state index contributed by atoms with van der Waals surface area (Å²) in [5, 5.41) is 8.50. The number of H-pyrrole nitrogens is 1. The number of aliphatic carboxylic acids is 1. The number of rotatable bonds is 7. The zero-order chi connectivity index (χ0) is 12.9. The quantitative estimate of drug-likeness (QED) is 0.675. The number of carboxylic acid groups (broad SMARTS) is 1. The Balaban J connectivity index is 2.43. The van der Waals surface area contributed by atoms with Crippen LogP contribution in [0.4, 0.5) is 0 Å². The van der Waals surface area contributed by atoms with Crippen LogP contribution in [0.1, 0.15) is 19.8 Å². The summed E-state index contributed by atoms with van der Waals surface area (Å²) < 4.78 is 25.8. The third kappa shape index (κ3) is 4.58. The van der Waals surface area contributed by atoms with E-state index in [2.05, 4.69) is 9.71 Å². The third-order valence-electron chi connectivity index (χ3n) is 2.35. The van der Waals surface area contributed by atoms with Crippen molar-refractivity contribution in [3.8, 4) is 0 Å². The smallest absolute Gasteiger partial charge is 0.303 e. The van der Waals surface area contributed by atoms with Crippen molar-refractivity contribution < 1.29 is 18.3 Å². The predicted octanol–water partition coefficient (Wildman–Crippen LogP) is 0.794. The van der Waals surface area contributed by atoms with Gasteiger partial charge in [0.1, 0.15) is 0 Å². The summed E-state index contributed by atoms with van der Waals surface area (Å²) in [7, 11) is -3.48. The number of carboxylic acids is 1. The second-order valence-electron chi connectivity index (χ2n) is 3.94. The van der Waals surface area contributed by atoms with Gasteiger partial charge >= 0.3 is 5.97 Å². The lowest BCUT2D eigenvalue weighted by Gasteiger charge is -2.11. The van der Waals surface area contributed by atoms with E-state index in [0.717, 1.165) is 0 Å². The van der Waals surface area contributed by atoms with Crippen LogP contribution in [0.15, 0.2) is 23.4 Å². The van der Waals surface area contributed by atoms with Gasteiger partial charge in [-0.05, 0) is 18.4 Å². The number of aromatic amines is 1. The highest BCUT2D eigenvalue weighted by Gasteiger charge is 2.15. The van der Waals surface area contributed by atoms with Gasteiger partial charge < -0.3 is 10.1 Å². The van der Waals surface area contributed by atoms with Gasteiger partial charge in [0, 0.05) is 25.4 Å². The first-order chi connectivity index (χ1) is 7.92. The number of hydrogen-bond donors (Lipinski definition) is 3. The highest BCUT2D eigenvalue weighted by molar-refractivity contribution is 7.89. The number of carbonyl (C=O) groups is 1. The van der Waals surface area contributed by atoms with E-state index in [0.29, 0.717) is 6.42 Å². The predicted molar refractivity (Wildman–Crippen MR) is 62.0 cm³/mol. The van der Waals surface area contributed by atoms with Crippen molar-refractivity contribution in [2.75, 3.05) is 6.54 Å². The van der Waals surface area contributed by atoms with E-state index >= 15 is 0 Å². The summed E-state index contributed by atoms with van der Waals surface area (Å²) in [6.07, 6.45) is 3.42. The molecule has 6 nitrogen and oxygen atoms in total. The molecule has 1 aromatic rings. The molecule has 1 heterocycles. The van der Waals surface area contributed by atoms with Crippen LogP contribution >= 0.6 is 0 Å². The molecule has 1 atom stereocenters. The normalized spacial score (nSPS) is 13.5. The summed E-state index contributed by atoms with van der Waals surface area (Å²) in [6, 6.07) is 1.46. The van der Waals surface area contributed by atoms with E-state index < -0.39 is 16.0 Å². The summed E-state index contributed by atoms with van der Waals surface area (Å²) in [5.74, 6) is -0.884. The Morgan fingerprint density at radius 3 is 2.82 bits per heavy atom. The Morgan fingerprint density at radius 2 is 2.29 bits per heavy atom. The lowest BCUT2D eigenvalue weighted by Crippen LogP contribution is -2.28. The molecule has 0 amide bonds. The van der Waals surface area contributed by atoms with Gasteiger partial charge in [0.25, 0.3) is 0 Å². The molecule has 17 heavy (non-hydrogen) atoms. The molecule has 0 radical (unpaired) electrons. The van der Waals surface area contributed by atoms with Gasteiger partial charge in [-0.25, -0.2) is 13.1 Å². The average molecular weight is 260 g/mol. The maximum atomic E-state index is 11.7. The largest absolute Gasteiger partial charge is 0.481 e. The van der Waals surface area contributed by atoms with E-state index in [1.807, 2.05) is 6.92 Å².